The molecule has 2 saturated carbocycles. The number of amides is 3. The van der Waals surface area contributed by atoms with Gasteiger partial charge in [-0.1, -0.05) is 38.5 Å². The summed E-state index contributed by atoms with van der Waals surface area (Å²) >= 11 is 0. The highest BCUT2D eigenvalue weighted by atomic mass is 16.5. The molecule has 0 aromatic heterocycles. The fourth-order valence-corrected chi connectivity index (χ4v) is 3.88. The topological polar surface area (TPSA) is 147 Å². The van der Waals surface area contributed by atoms with Gasteiger partial charge in [-0.05, 0) is 24.7 Å². The Labute approximate surface area is 141 Å². The minimum atomic E-state index is -0.915. The largest absolute Gasteiger partial charge is 0.359 e. The number of nitrogens with two attached hydrogens (primary N) is 2. The van der Waals surface area contributed by atoms with Gasteiger partial charge in [-0.25, -0.2) is 15.6 Å². The number of hydroxylamine groups is 1. The number of amidine groups is 1. The van der Waals surface area contributed by atoms with Gasteiger partial charge >= 0.3 is 17.6 Å². The van der Waals surface area contributed by atoms with Crippen molar-refractivity contribution in [3.05, 3.63) is 0 Å². The molecule has 2 fully saturated rings. The fraction of sp³-hybridized carbons (Fsp3) is 0.750. The van der Waals surface area contributed by atoms with Crippen molar-refractivity contribution in [2.24, 2.45) is 23.0 Å². The van der Waals surface area contributed by atoms with Gasteiger partial charge in [0.25, 0.3) is 0 Å². The molecule has 134 valence electrons. The van der Waals surface area contributed by atoms with Crippen molar-refractivity contribution in [2.45, 2.75) is 57.8 Å². The molecular formula is C16H27N4O4+. The highest BCUT2D eigenvalue weighted by Crippen LogP contribution is 2.58. The molecule has 0 radical (unpaired) electrons. The molecule has 0 spiro atoms. The second kappa shape index (κ2) is 7.74. The lowest BCUT2D eigenvalue weighted by Gasteiger charge is -2.21. The van der Waals surface area contributed by atoms with Crippen LogP contribution in [0.1, 0.15) is 57.8 Å². The van der Waals surface area contributed by atoms with Crippen LogP contribution < -0.4 is 21.9 Å². The standard InChI is InChI=1S/C16H26N4O4/c17-13(14(18)22)19-15(23)16(9-12(21)20-24)8-11(16)7-6-10-4-2-1-3-5-10/h10-11,24H,1-9H2,(H2,18,22)(H,20,21)(H2,17,19,23)/p+1. The lowest BCUT2D eigenvalue weighted by molar-refractivity contribution is -0.143. The molecule has 0 aromatic carbocycles. The average molecular weight is 339 g/mol. The number of primary amides is 1. The molecule has 7 N–H and O–H groups in total. The van der Waals surface area contributed by atoms with Gasteiger partial charge in [-0.2, -0.15) is 0 Å². The zero-order chi connectivity index (χ0) is 17.7. The zero-order valence-electron chi connectivity index (χ0n) is 13.8. The minimum Gasteiger partial charge on any atom is -0.359 e. The summed E-state index contributed by atoms with van der Waals surface area (Å²) in [4.78, 5) is 35.0. The van der Waals surface area contributed by atoms with Crippen molar-refractivity contribution < 1.29 is 25.0 Å². The first-order valence-corrected chi connectivity index (χ1v) is 8.55. The summed E-state index contributed by atoms with van der Waals surface area (Å²) in [5, 5.41) is 16.5. The van der Waals surface area contributed by atoms with Gasteiger partial charge < -0.3 is 5.73 Å². The van der Waals surface area contributed by atoms with E-state index in [2.05, 4.69) is 5.32 Å². The lowest BCUT2D eigenvalue weighted by Crippen LogP contribution is -2.59. The molecule has 2 unspecified atom stereocenters. The van der Waals surface area contributed by atoms with Gasteiger partial charge in [-0.15, -0.1) is 0 Å². The zero-order valence-corrected chi connectivity index (χ0v) is 13.8. The average Bonchev–Trinajstić information content (AvgIpc) is 3.27. The Balaban J connectivity index is 1.95. The van der Waals surface area contributed by atoms with Crippen LogP contribution in [0, 0.1) is 17.3 Å². The predicted octanol–water partition coefficient (Wildman–Crippen LogP) is -0.992. The number of rotatable bonds is 6. The summed E-state index contributed by atoms with van der Waals surface area (Å²) in [5.74, 6) is -1.70. The summed E-state index contributed by atoms with van der Waals surface area (Å²) in [6.45, 7) is 0. The number of hydrogen-bond acceptors (Lipinski definition) is 4. The maximum Gasteiger partial charge on any atom is 0.339 e. The van der Waals surface area contributed by atoms with Crippen molar-refractivity contribution >= 4 is 23.6 Å². The van der Waals surface area contributed by atoms with E-state index in [9.17, 15) is 14.4 Å². The SMILES string of the molecule is NC(=O)C(=[NH2+])NC(=O)C1(CC(=O)NO)CC1CCC1CCCCC1. The first-order chi connectivity index (χ1) is 11.4. The van der Waals surface area contributed by atoms with Gasteiger partial charge in [-0.3, -0.25) is 20.2 Å². The van der Waals surface area contributed by atoms with Crippen molar-refractivity contribution in [1.82, 2.24) is 10.8 Å². The third kappa shape index (κ3) is 4.31. The van der Waals surface area contributed by atoms with Crippen LogP contribution in [0.2, 0.25) is 0 Å². The number of carbonyl (C=O) groups is 3. The van der Waals surface area contributed by atoms with Crippen molar-refractivity contribution in [1.29, 1.82) is 0 Å². The number of hydrogen-bond donors (Lipinski definition) is 5. The first kappa shape index (κ1) is 18.4. The molecule has 0 saturated heterocycles. The van der Waals surface area contributed by atoms with Gasteiger partial charge in [0.05, 0.1) is 5.41 Å². The van der Waals surface area contributed by atoms with E-state index < -0.39 is 29.0 Å². The molecule has 0 bridgehead atoms. The molecule has 24 heavy (non-hydrogen) atoms. The summed E-state index contributed by atoms with van der Waals surface area (Å²) < 4.78 is 0. The van der Waals surface area contributed by atoms with Crippen molar-refractivity contribution in [2.75, 3.05) is 0 Å². The maximum atomic E-state index is 12.5. The Bertz CT molecular complexity index is 530. The van der Waals surface area contributed by atoms with E-state index in [1.165, 1.54) is 32.1 Å². The summed E-state index contributed by atoms with van der Waals surface area (Å²) in [6, 6.07) is 0. The lowest BCUT2D eigenvalue weighted by atomic mass is 9.84. The molecule has 2 aliphatic rings. The minimum absolute atomic E-state index is 0.0532. The van der Waals surface area contributed by atoms with Gasteiger partial charge in [0.1, 0.15) is 0 Å². The number of nitrogens with one attached hydrogen (secondary N) is 2. The highest BCUT2D eigenvalue weighted by Gasteiger charge is 2.62. The van der Waals surface area contributed by atoms with E-state index in [0.29, 0.717) is 12.3 Å². The van der Waals surface area contributed by atoms with Crippen LogP contribution in [0.5, 0.6) is 0 Å². The maximum absolute atomic E-state index is 12.5. The van der Waals surface area contributed by atoms with Crippen LogP contribution in [0.15, 0.2) is 0 Å². The van der Waals surface area contributed by atoms with Crippen molar-refractivity contribution in [3.8, 4) is 0 Å². The van der Waals surface area contributed by atoms with Crippen LogP contribution in [0.25, 0.3) is 0 Å². The van der Waals surface area contributed by atoms with E-state index in [1.807, 2.05) is 0 Å². The summed E-state index contributed by atoms with van der Waals surface area (Å²) in [7, 11) is 0. The molecule has 0 aliphatic heterocycles. The highest BCUT2D eigenvalue weighted by molar-refractivity contribution is 6.37. The monoisotopic (exact) mass is 339 g/mol. The molecule has 0 heterocycles. The summed E-state index contributed by atoms with van der Waals surface area (Å²) in [6.07, 6.45) is 8.59. The third-order valence-electron chi connectivity index (χ3n) is 5.45. The molecule has 8 heteroatoms. The summed E-state index contributed by atoms with van der Waals surface area (Å²) in [5.41, 5.74) is 5.69. The van der Waals surface area contributed by atoms with Crippen LogP contribution in [-0.4, -0.2) is 28.8 Å². The second-order valence-electron chi connectivity index (χ2n) is 7.08. The number of carbonyl (C=O) groups excluding carboxylic acids is 3. The molecule has 2 atom stereocenters. The van der Waals surface area contributed by atoms with Crippen LogP contribution in [0.3, 0.4) is 0 Å². The second-order valence-corrected chi connectivity index (χ2v) is 7.08. The molecule has 8 nitrogen and oxygen atoms in total. The quantitative estimate of drug-likeness (QED) is 0.183. The van der Waals surface area contributed by atoms with Gasteiger partial charge in [0.15, 0.2) is 0 Å². The van der Waals surface area contributed by atoms with E-state index in [0.717, 1.165) is 12.8 Å². The Morgan fingerprint density at radius 1 is 1.17 bits per heavy atom. The predicted molar refractivity (Wildman–Crippen MR) is 85.2 cm³/mol. The van der Waals surface area contributed by atoms with Gasteiger partial charge in [0.2, 0.25) is 5.91 Å². The van der Waals surface area contributed by atoms with E-state index >= 15 is 0 Å². The fourth-order valence-electron chi connectivity index (χ4n) is 3.88. The van der Waals surface area contributed by atoms with E-state index in [-0.39, 0.29) is 12.3 Å². The molecule has 0 aromatic rings. The third-order valence-corrected chi connectivity index (χ3v) is 5.45. The Morgan fingerprint density at radius 2 is 1.83 bits per heavy atom. The molecule has 3 amide bonds. The molecular weight excluding hydrogens is 312 g/mol. The molecule has 2 aliphatic carbocycles. The molecule has 2 rings (SSSR count). The van der Waals surface area contributed by atoms with Crippen LogP contribution in [0.4, 0.5) is 0 Å². The Kier molecular flexibility index (Phi) is 5.93. The van der Waals surface area contributed by atoms with Crippen LogP contribution >= 0.6 is 0 Å². The Hall–Kier alpha value is -1.96. The van der Waals surface area contributed by atoms with E-state index in [1.54, 1.807) is 5.48 Å². The first-order valence-electron chi connectivity index (χ1n) is 8.55. The smallest absolute Gasteiger partial charge is 0.339 e. The Morgan fingerprint density at radius 3 is 2.42 bits per heavy atom. The van der Waals surface area contributed by atoms with Crippen LogP contribution in [-0.2, 0) is 14.4 Å². The van der Waals surface area contributed by atoms with E-state index in [4.69, 9.17) is 16.4 Å². The normalized spacial score (nSPS) is 26.5. The van der Waals surface area contributed by atoms with Crippen molar-refractivity contribution in [3.63, 3.8) is 0 Å². The van der Waals surface area contributed by atoms with Gasteiger partial charge in [0, 0.05) is 6.42 Å².